The molecule has 4 aliphatic rings. The summed E-state index contributed by atoms with van der Waals surface area (Å²) in [5, 5.41) is 23.2. The molecule has 1 heterocycles. The molecule has 0 saturated heterocycles. The van der Waals surface area contributed by atoms with Crippen LogP contribution in [-0.2, 0) is 14.9 Å². The highest BCUT2D eigenvalue weighted by Gasteiger charge is 2.62. The molecule has 4 fully saturated rings. The molecular weight excluding hydrogens is 799 g/mol. The van der Waals surface area contributed by atoms with Crippen molar-refractivity contribution in [2.24, 2.45) is 23.7 Å². The number of nitrogens with zero attached hydrogens (tertiary/aromatic N) is 3. The van der Waals surface area contributed by atoms with E-state index in [0.717, 1.165) is 61.4 Å². The number of carboxylic acids is 1. The second kappa shape index (κ2) is 17.7. The van der Waals surface area contributed by atoms with Crippen molar-refractivity contribution < 1.29 is 41.9 Å². The number of methoxy groups -OCH3 is 2. The number of nitrogens with one attached hydrogen (secondary N) is 2. The standard InChI is InChI=1S/C39H45N5O6.C7H8O3S/c1-43(2)16-8-15-40-36(45)29-13-14-31(28-10-6-5-9-27(28)29)44-32(35-33(49-3)11-7-12-34(35)50-4)22-30(42-44)37(46)41-39(38(47)48)25-18-23-17-24(20-25)21-26(39)19-23;1-6-2-4-7(5-3-6)11(8,9)10/h5-7,9-14,22-26H,8,15-21H2,1-4H3,(H,40,45)(H,41,46)(H,47,48);2-5H,1H3,(H,8,9,10). The minimum atomic E-state index is -4.02. The molecule has 0 spiro atoms. The zero-order valence-electron chi connectivity index (χ0n) is 35.1. The van der Waals surface area contributed by atoms with Crippen LogP contribution in [0.25, 0.3) is 27.7 Å². The van der Waals surface area contributed by atoms with Crippen LogP contribution in [0.3, 0.4) is 0 Å². The number of carbonyl (C=O) groups is 3. The van der Waals surface area contributed by atoms with Gasteiger partial charge >= 0.3 is 5.97 Å². The van der Waals surface area contributed by atoms with Gasteiger partial charge < -0.3 is 30.1 Å². The predicted octanol–water partition coefficient (Wildman–Crippen LogP) is 6.64. The minimum absolute atomic E-state index is 0.0666. The summed E-state index contributed by atoms with van der Waals surface area (Å²) in [6.45, 7) is 3.25. The summed E-state index contributed by atoms with van der Waals surface area (Å²) in [6, 6.07) is 24.3. The number of ether oxygens (including phenoxy) is 2. The normalized spacial score (nSPS) is 21.4. The van der Waals surface area contributed by atoms with E-state index >= 15 is 0 Å². The van der Waals surface area contributed by atoms with Crippen molar-refractivity contribution in [2.45, 2.75) is 55.9 Å². The number of amides is 2. The number of carboxylic acid groups (broad SMARTS) is 1. The van der Waals surface area contributed by atoms with E-state index in [4.69, 9.17) is 19.1 Å². The van der Waals surface area contributed by atoms with Gasteiger partial charge in [0.2, 0.25) is 0 Å². The van der Waals surface area contributed by atoms with Crippen molar-refractivity contribution in [2.75, 3.05) is 41.4 Å². The number of aryl methyl sites for hydroxylation is 1. The fourth-order valence-corrected chi connectivity index (χ4v) is 10.3. The highest BCUT2D eigenvalue weighted by molar-refractivity contribution is 7.85. The van der Waals surface area contributed by atoms with Crippen molar-refractivity contribution in [3.63, 3.8) is 0 Å². The molecule has 322 valence electrons. The molecule has 4 bridgehead atoms. The van der Waals surface area contributed by atoms with E-state index in [-0.39, 0.29) is 28.3 Å². The van der Waals surface area contributed by atoms with Gasteiger partial charge in [0.1, 0.15) is 17.0 Å². The Morgan fingerprint density at radius 2 is 1.44 bits per heavy atom. The quantitative estimate of drug-likeness (QED) is 0.0734. The molecule has 1 aromatic heterocycles. The number of benzene rings is 4. The van der Waals surface area contributed by atoms with Gasteiger partial charge in [0, 0.05) is 17.5 Å². The smallest absolute Gasteiger partial charge is 0.330 e. The molecule has 0 atom stereocenters. The van der Waals surface area contributed by atoms with Crippen molar-refractivity contribution in [1.29, 1.82) is 0 Å². The van der Waals surface area contributed by atoms with E-state index in [1.54, 1.807) is 43.2 Å². The summed E-state index contributed by atoms with van der Waals surface area (Å²) >= 11 is 0. The molecule has 4 N–H and O–H groups in total. The summed E-state index contributed by atoms with van der Waals surface area (Å²) < 4.78 is 42.8. The summed E-state index contributed by atoms with van der Waals surface area (Å²) in [4.78, 5) is 42.8. The van der Waals surface area contributed by atoms with Crippen molar-refractivity contribution in [3.8, 4) is 28.4 Å². The number of aliphatic carboxylic acids is 1. The summed E-state index contributed by atoms with van der Waals surface area (Å²) in [5.74, 6) is 0.191. The molecule has 4 saturated carbocycles. The topological polar surface area (TPSA) is 189 Å². The molecule has 14 nitrogen and oxygen atoms in total. The Morgan fingerprint density at radius 3 is 2.00 bits per heavy atom. The summed E-state index contributed by atoms with van der Waals surface area (Å²) in [7, 11) is 3.11. The molecule has 0 aliphatic heterocycles. The fourth-order valence-electron chi connectivity index (χ4n) is 9.81. The first-order valence-electron chi connectivity index (χ1n) is 20.5. The van der Waals surface area contributed by atoms with Crippen LogP contribution in [0.5, 0.6) is 11.5 Å². The largest absolute Gasteiger partial charge is 0.496 e. The zero-order valence-corrected chi connectivity index (χ0v) is 35.9. The Labute approximate surface area is 356 Å². The summed E-state index contributed by atoms with van der Waals surface area (Å²) in [6.07, 6.45) is 5.26. The Kier molecular flexibility index (Phi) is 12.6. The number of carbonyl (C=O) groups excluding carboxylic acids is 2. The van der Waals surface area contributed by atoms with Gasteiger partial charge in [-0.25, -0.2) is 9.48 Å². The first-order valence-corrected chi connectivity index (χ1v) is 21.9. The predicted molar refractivity (Wildman–Crippen MR) is 231 cm³/mol. The lowest BCUT2D eigenvalue weighted by Crippen LogP contribution is -2.70. The average Bonchev–Trinajstić information content (AvgIpc) is 3.67. The third-order valence-corrected chi connectivity index (χ3v) is 13.4. The molecule has 9 rings (SSSR count). The highest BCUT2D eigenvalue weighted by Crippen LogP contribution is 2.58. The number of rotatable bonds is 13. The lowest BCUT2D eigenvalue weighted by Gasteiger charge is -2.59. The van der Waals surface area contributed by atoms with Crippen LogP contribution in [0, 0.1) is 30.6 Å². The average molecular weight is 852 g/mol. The highest BCUT2D eigenvalue weighted by atomic mass is 32.2. The molecule has 0 radical (unpaired) electrons. The lowest BCUT2D eigenvalue weighted by atomic mass is 9.48. The third-order valence-electron chi connectivity index (χ3n) is 12.5. The number of hydrogen-bond donors (Lipinski definition) is 4. The lowest BCUT2D eigenvalue weighted by molar-refractivity contribution is -0.163. The monoisotopic (exact) mass is 851 g/mol. The third kappa shape index (κ3) is 8.72. The second-order valence-corrected chi connectivity index (χ2v) is 18.1. The van der Waals surface area contributed by atoms with E-state index in [1.807, 2.05) is 69.6 Å². The SMILES string of the molecule is COc1cccc(OC)c1-c1cc(C(=O)NC2(C(=O)O)C3CC4CC(C3)CC2C4)nn1-c1ccc(C(=O)NCCCN(C)C)c2ccccc12.Cc1ccc(S(=O)(=O)O)cc1. The first kappa shape index (κ1) is 43.3. The van der Waals surface area contributed by atoms with Crippen LogP contribution in [0.4, 0.5) is 0 Å². The maximum Gasteiger partial charge on any atom is 0.330 e. The van der Waals surface area contributed by atoms with Crippen molar-refractivity contribution in [1.82, 2.24) is 25.3 Å². The van der Waals surface area contributed by atoms with Crippen LogP contribution in [0.2, 0.25) is 0 Å². The van der Waals surface area contributed by atoms with E-state index in [2.05, 4.69) is 15.5 Å². The van der Waals surface area contributed by atoms with Crippen molar-refractivity contribution in [3.05, 3.63) is 102 Å². The summed E-state index contributed by atoms with van der Waals surface area (Å²) in [5.41, 5.74) is 1.97. The Balaban J connectivity index is 0.000000445. The molecular formula is C46H53N5O9S. The van der Waals surface area contributed by atoms with Gasteiger partial charge in [-0.2, -0.15) is 13.5 Å². The van der Waals surface area contributed by atoms with Crippen LogP contribution >= 0.6 is 0 Å². The van der Waals surface area contributed by atoms with Gasteiger partial charge in [0.15, 0.2) is 5.69 Å². The number of aromatic nitrogens is 2. The van der Waals surface area contributed by atoms with Crippen LogP contribution in [0.1, 0.15) is 64.9 Å². The van der Waals surface area contributed by atoms with E-state index < -0.39 is 27.5 Å². The van der Waals surface area contributed by atoms with Crippen molar-refractivity contribution >= 4 is 38.7 Å². The van der Waals surface area contributed by atoms with Crippen LogP contribution < -0.4 is 20.1 Å². The molecule has 2 amide bonds. The second-order valence-electron chi connectivity index (χ2n) is 16.7. The molecule has 4 aliphatic carbocycles. The van der Waals surface area contributed by atoms with Gasteiger partial charge in [0.25, 0.3) is 21.9 Å². The Hall–Kier alpha value is -5.77. The molecule has 15 heteroatoms. The maximum atomic E-state index is 14.3. The number of hydrogen-bond acceptors (Lipinski definition) is 9. The minimum Gasteiger partial charge on any atom is -0.496 e. The van der Waals surface area contributed by atoms with E-state index in [9.17, 15) is 27.9 Å². The maximum absolute atomic E-state index is 14.3. The molecule has 0 unspecified atom stereocenters. The van der Waals surface area contributed by atoms with Gasteiger partial charge in [0.05, 0.1) is 36.1 Å². The van der Waals surface area contributed by atoms with Gasteiger partial charge in [-0.3, -0.25) is 14.1 Å². The van der Waals surface area contributed by atoms with Crippen LogP contribution in [0.15, 0.2) is 89.8 Å². The molecule has 61 heavy (non-hydrogen) atoms. The first-order chi connectivity index (χ1) is 29.1. The van der Waals surface area contributed by atoms with Gasteiger partial charge in [-0.15, -0.1) is 0 Å². The molecule has 5 aromatic rings. The Morgan fingerprint density at radius 1 is 0.836 bits per heavy atom. The Bertz CT molecular complexity index is 2500. The van der Waals surface area contributed by atoms with E-state index in [1.165, 1.54) is 12.1 Å². The fraction of sp³-hybridized carbons (Fsp3) is 0.391. The van der Waals surface area contributed by atoms with Gasteiger partial charge in [-0.1, -0.05) is 48.0 Å². The van der Waals surface area contributed by atoms with Gasteiger partial charge in [-0.05, 0) is 138 Å². The van der Waals surface area contributed by atoms with E-state index in [0.29, 0.717) is 52.4 Å². The molecule has 4 aromatic carbocycles. The van der Waals surface area contributed by atoms with Crippen LogP contribution in [-0.4, -0.2) is 97.5 Å². The zero-order chi connectivity index (χ0) is 43.6. The number of fused-ring (bicyclic) bond motifs is 1.